The minimum absolute atomic E-state index is 0.503. The molecule has 0 spiro atoms. The minimum Gasteiger partial charge on any atom is -0.478 e. The van der Waals surface area contributed by atoms with Crippen LogP contribution in [0, 0.1) is 0 Å². The number of fused-ring (bicyclic) bond motifs is 2. The number of carbonyl (C=O) groups excluding carboxylic acids is 1. The fourth-order valence-corrected chi connectivity index (χ4v) is 4.60. The van der Waals surface area contributed by atoms with Gasteiger partial charge in [-0.05, 0) is 24.3 Å². The van der Waals surface area contributed by atoms with Gasteiger partial charge in [-0.15, -0.1) is 0 Å². The van der Waals surface area contributed by atoms with Crippen molar-refractivity contribution in [3.05, 3.63) is 57.6 Å². The Morgan fingerprint density at radius 2 is 0.862 bits per heavy atom. The molecule has 1 aliphatic rings. The van der Waals surface area contributed by atoms with E-state index in [1.165, 1.54) is 0 Å². The molecule has 0 radical (unpaired) electrons. The number of hydrogen-bond acceptors (Lipinski definition) is 7. The molecule has 0 amide bonds. The van der Waals surface area contributed by atoms with Crippen molar-refractivity contribution in [3.63, 3.8) is 0 Å². The van der Waals surface area contributed by atoms with Gasteiger partial charge in [0.25, 0.3) is 0 Å². The van der Waals surface area contributed by atoms with Crippen LogP contribution in [0.15, 0.2) is 34.1 Å². The van der Waals surface area contributed by atoms with E-state index in [2.05, 4.69) is 0 Å². The summed E-state index contributed by atoms with van der Waals surface area (Å²) in [5.74, 6) is -8.07. The second-order valence-corrected chi connectivity index (χ2v) is 7.73. The Kier molecular flexibility index (Phi) is 4.24. The highest BCUT2D eigenvalue weighted by Crippen LogP contribution is 2.37. The molecule has 1 heterocycles. The van der Waals surface area contributed by atoms with Crippen LogP contribution in [0.3, 0.4) is 0 Å². The normalized spacial score (nSPS) is 13.9. The lowest BCUT2D eigenvalue weighted by Gasteiger charge is -2.21. The Morgan fingerprint density at radius 1 is 0.586 bits per heavy atom. The van der Waals surface area contributed by atoms with Gasteiger partial charge >= 0.3 is 23.9 Å². The number of carboxylic acids is 4. The van der Waals surface area contributed by atoms with E-state index >= 15 is 0 Å². The van der Waals surface area contributed by atoms with Gasteiger partial charge in [-0.3, -0.25) is 4.79 Å². The van der Waals surface area contributed by atoms with E-state index in [1.54, 1.807) is 0 Å². The maximum Gasteiger partial charge on any atom is 0.336 e. The van der Waals surface area contributed by atoms with Crippen LogP contribution in [-0.4, -0.2) is 58.5 Å². The first kappa shape index (κ1) is 19.7. The topological polar surface area (TPSA) is 200 Å². The monoisotopic (exact) mass is 420 g/mol. The highest BCUT2D eigenvalue weighted by Gasteiger charge is 2.39. The fraction of sp³-hybridized carbons (Fsp3) is 0. The standard InChI is InChI=1S/C17H8O11S/c18-13-9-1-5(14(19)20)7(16(23)24)3-11(9)29(27,28)12-4-8(17(25)26)6(15(21)22)2-10(12)13/h1-4H,(H,19,20)(H,21,22)(H,23,24)(H,25,26). The summed E-state index contributed by atoms with van der Waals surface area (Å²) >= 11 is 0. The van der Waals surface area contributed by atoms with Crippen molar-refractivity contribution >= 4 is 39.5 Å². The summed E-state index contributed by atoms with van der Waals surface area (Å²) in [5, 5.41) is 36.7. The summed E-state index contributed by atoms with van der Waals surface area (Å²) in [4.78, 5) is 56.4. The van der Waals surface area contributed by atoms with E-state index in [-0.39, 0.29) is 0 Å². The van der Waals surface area contributed by atoms with Crippen molar-refractivity contribution in [1.82, 2.24) is 0 Å². The highest BCUT2D eigenvalue weighted by molar-refractivity contribution is 7.91. The van der Waals surface area contributed by atoms with Crippen LogP contribution in [0.5, 0.6) is 0 Å². The molecule has 29 heavy (non-hydrogen) atoms. The maximum atomic E-state index is 12.9. The number of aromatic carboxylic acids is 4. The van der Waals surface area contributed by atoms with Crippen molar-refractivity contribution in [2.24, 2.45) is 0 Å². The number of benzene rings is 2. The van der Waals surface area contributed by atoms with Crippen LogP contribution in [0.1, 0.15) is 57.4 Å². The summed E-state index contributed by atoms with van der Waals surface area (Å²) in [5.41, 5.74) is -4.81. The highest BCUT2D eigenvalue weighted by atomic mass is 32.2. The van der Waals surface area contributed by atoms with Crippen LogP contribution in [0.2, 0.25) is 0 Å². The maximum absolute atomic E-state index is 12.9. The molecule has 0 saturated carbocycles. The zero-order valence-electron chi connectivity index (χ0n) is 13.9. The lowest BCUT2D eigenvalue weighted by atomic mass is 9.94. The molecule has 1 aliphatic heterocycles. The van der Waals surface area contributed by atoms with E-state index in [4.69, 9.17) is 0 Å². The molecular formula is C17H8O11S. The van der Waals surface area contributed by atoms with Gasteiger partial charge in [0.15, 0.2) is 5.78 Å². The molecule has 0 saturated heterocycles. The third kappa shape index (κ3) is 2.82. The van der Waals surface area contributed by atoms with Crippen LogP contribution in [0.4, 0.5) is 0 Å². The molecule has 3 rings (SSSR count). The van der Waals surface area contributed by atoms with Gasteiger partial charge < -0.3 is 20.4 Å². The largest absolute Gasteiger partial charge is 0.478 e. The molecule has 4 N–H and O–H groups in total. The van der Waals surface area contributed by atoms with Crippen molar-refractivity contribution in [2.45, 2.75) is 9.79 Å². The molecule has 12 heteroatoms. The molecule has 11 nitrogen and oxygen atoms in total. The number of rotatable bonds is 4. The van der Waals surface area contributed by atoms with Crippen LogP contribution in [0.25, 0.3) is 0 Å². The molecule has 0 atom stereocenters. The van der Waals surface area contributed by atoms with Crippen molar-refractivity contribution < 1.29 is 52.8 Å². The summed E-state index contributed by atoms with van der Waals surface area (Å²) in [7, 11) is -4.66. The van der Waals surface area contributed by atoms with Gasteiger partial charge in [0.2, 0.25) is 9.84 Å². The fourth-order valence-electron chi connectivity index (χ4n) is 2.93. The van der Waals surface area contributed by atoms with Gasteiger partial charge in [-0.2, -0.15) is 0 Å². The van der Waals surface area contributed by atoms with E-state index in [1.807, 2.05) is 0 Å². The van der Waals surface area contributed by atoms with Gasteiger partial charge in [0, 0.05) is 11.1 Å². The molecule has 0 bridgehead atoms. The number of carbonyl (C=O) groups is 5. The molecule has 0 unspecified atom stereocenters. The number of hydrogen-bond donors (Lipinski definition) is 4. The average Bonchev–Trinajstić information content (AvgIpc) is 2.63. The Morgan fingerprint density at radius 3 is 1.14 bits per heavy atom. The molecule has 2 aromatic carbocycles. The lowest BCUT2D eigenvalue weighted by molar-refractivity contribution is 0.0650. The van der Waals surface area contributed by atoms with E-state index in [0.717, 1.165) is 0 Å². The molecule has 0 fully saturated rings. The lowest BCUT2D eigenvalue weighted by Crippen LogP contribution is -2.24. The van der Waals surface area contributed by atoms with Gasteiger partial charge in [-0.1, -0.05) is 0 Å². The molecule has 2 aromatic rings. The van der Waals surface area contributed by atoms with Gasteiger partial charge in [-0.25, -0.2) is 27.6 Å². The van der Waals surface area contributed by atoms with Crippen LogP contribution in [-0.2, 0) is 9.84 Å². The predicted octanol–water partition coefficient (Wildman–Crippen LogP) is 0.857. The molecule has 0 aromatic heterocycles. The smallest absolute Gasteiger partial charge is 0.336 e. The van der Waals surface area contributed by atoms with Crippen LogP contribution < -0.4 is 0 Å². The summed E-state index contributed by atoms with van der Waals surface area (Å²) in [6, 6.07) is 2.16. The quantitative estimate of drug-likeness (QED) is 0.466. The Hall–Kier alpha value is -4.06. The third-order valence-corrected chi connectivity index (χ3v) is 6.06. The zero-order chi connectivity index (χ0) is 21.8. The molecule has 148 valence electrons. The minimum atomic E-state index is -4.66. The Balaban J connectivity index is 2.45. The second kappa shape index (κ2) is 6.24. The first-order valence-electron chi connectivity index (χ1n) is 7.47. The molecule has 0 aliphatic carbocycles. The Labute approximate surface area is 160 Å². The van der Waals surface area contributed by atoms with E-state index < -0.39 is 82.7 Å². The van der Waals surface area contributed by atoms with Crippen LogP contribution >= 0.6 is 0 Å². The first-order valence-corrected chi connectivity index (χ1v) is 8.95. The first-order chi connectivity index (χ1) is 13.4. The SMILES string of the molecule is O=C(O)c1cc2c(cc1C(=O)O)S(=O)(=O)c1cc(C(=O)O)c(C(=O)O)cc1C2=O. The van der Waals surface area contributed by atoms with Gasteiger partial charge in [0.05, 0.1) is 32.0 Å². The number of sulfone groups is 1. The third-order valence-electron chi connectivity index (χ3n) is 4.23. The Bertz CT molecular complexity index is 1190. The second-order valence-electron chi connectivity index (χ2n) is 5.84. The van der Waals surface area contributed by atoms with Crippen molar-refractivity contribution in [1.29, 1.82) is 0 Å². The zero-order valence-corrected chi connectivity index (χ0v) is 14.7. The van der Waals surface area contributed by atoms with Crippen molar-refractivity contribution in [3.8, 4) is 0 Å². The average molecular weight is 420 g/mol. The predicted molar refractivity (Wildman–Crippen MR) is 89.6 cm³/mol. The van der Waals surface area contributed by atoms with Gasteiger partial charge in [0.1, 0.15) is 0 Å². The number of ketones is 1. The summed E-state index contributed by atoms with van der Waals surface area (Å²) in [6.45, 7) is 0. The van der Waals surface area contributed by atoms with Crippen molar-refractivity contribution in [2.75, 3.05) is 0 Å². The number of carboxylic acid groups (broad SMARTS) is 4. The summed E-state index contributed by atoms with van der Waals surface area (Å²) in [6.07, 6.45) is 0. The molecular weight excluding hydrogens is 412 g/mol. The van der Waals surface area contributed by atoms with E-state index in [0.29, 0.717) is 24.3 Å². The van der Waals surface area contributed by atoms with E-state index in [9.17, 15) is 52.8 Å². The summed E-state index contributed by atoms with van der Waals surface area (Å²) < 4.78 is 25.8.